The molecule has 1 aliphatic heterocycles. The zero-order chi connectivity index (χ0) is 31.6. The summed E-state index contributed by atoms with van der Waals surface area (Å²) in [6.07, 6.45) is 2.24. The van der Waals surface area contributed by atoms with Crippen LogP contribution in [0.25, 0.3) is 22.6 Å². The molecule has 1 aliphatic rings. The first-order valence-corrected chi connectivity index (χ1v) is 14.6. The van der Waals surface area contributed by atoms with Gasteiger partial charge in [0.2, 0.25) is 5.95 Å². The van der Waals surface area contributed by atoms with Gasteiger partial charge >= 0.3 is 6.18 Å². The second kappa shape index (κ2) is 12.6. The minimum Gasteiger partial charge on any atom is -0.380 e. The van der Waals surface area contributed by atoms with Crippen LogP contribution in [0, 0.1) is 13.8 Å². The molecule has 232 valence electrons. The number of hydrogen-bond donors (Lipinski definition) is 2. The molecular formula is C33H33F3N8O. The Morgan fingerprint density at radius 3 is 2.42 bits per heavy atom. The molecule has 1 fully saturated rings. The molecule has 4 heterocycles. The zero-order valence-electron chi connectivity index (χ0n) is 25.2. The first-order valence-electron chi connectivity index (χ1n) is 14.6. The van der Waals surface area contributed by atoms with E-state index in [1.807, 2.05) is 50.1 Å². The van der Waals surface area contributed by atoms with Crippen molar-refractivity contribution >= 4 is 23.0 Å². The van der Waals surface area contributed by atoms with Crippen LogP contribution in [0.3, 0.4) is 0 Å². The minimum absolute atomic E-state index is 0.0443. The van der Waals surface area contributed by atoms with Crippen molar-refractivity contribution in [1.29, 1.82) is 0 Å². The van der Waals surface area contributed by atoms with Gasteiger partial charge in [0.1, 0.15) is 0 Å². The Bertz CT molecular complexity index is 1800. The molecule has 12 heteroatoms. The summed E-state index contributed by atoms with van der Waals surface area (Å²) < 4.78 is 47.7. The van der Waals surface area contributed by atoms with Crippen LogP contribution in [-0.4, -0.2) is 58.2 Å². The van der Waals surface area contributed by atoms with Gasteiger partial charge in [0.15, 0.2) is 5.76 Å². The summed E-state index contributed by atoms with van der Waals surface area (Å²) in [5.41, 5.74) is 5.57. The number of pyridine rings is 1. The molecule has 0 aliphatic carbocycles. The van der Waals surface area contributed by atoms with Crippen LogP contribution >= 0.6 is 0 Å². The molecule has 9 nitrogen and oxygen atoms in total. The smallest absolute Gasteiger partial charge is 0.380 e. The fourth-order valence-electron chi connectivity index (χ4n) is 5.27. The largest absolute Gasteiger partial charge is 0.418 e. The average molecular weight is 615 g/mol. The molecule has 2 aromatic carbocycles. The average Bonchev–Trinajstić information content (AvgIpc) is 3.47. The third-order valence-electron chi connectivity index (χ3n) is 7.91. The number of halogens is 3. The summed E-state index contributed by atoms with van der Waals surface area (Å²) in [6.45, 7) is 7.07. The predicted octanol–water partition coefficient (Wildman–Crippen LogP) is 6.94. The summed E-state index contributed by atoms with van der Waals surface area (Å²) in [5.74, 6) is 1.02. The quantitative estimate of drug-likeness (QED) is 0.193. The molecule has 0 atom stereocenters. The van der Waals surface area contributed by atoms with Crippen molar-refractivity contribution in [3.05, 3.63) is 95.6 Å². The van der Waals surface area contributed by atoms with E-state index in [9.17, 15) is 13.2 Å². The Balaban J connectivity index is 1.18. The molecule has 0 amide bonds. The number of aryl methyl sites for hydroxylation is 2. The van der Waals surface area contributed by atoms with Crippen molar-refractivity contribution in [2.75, 3.05) is 48.8 Å². The molecule has 6 rings (SSSR count). The summed E-state index contributed by atoms with van der Waals surface area (Å²) in [7, 11) is 2.02. The summed E-state index contributed by atoms with van der Waals surface area (Å²) in [5, 5.41) is 10.1. The van der Waals surface area contributed by atoms with Gasteiger partial charge in [-0.3, -0.25) is 4.98 Å². The molecule has 0 unspecified atom stereocenters. The minimum atomic E-state index is -4.49. The van der Waals surface area contributed by atoms with Gasteiger partial charge in [-0.05, 0) is 68.4 Å². The molecule has 0 radical (unpaired) electrons. The monoisotopic (exact) mass is 614 g/mol. The Labute approximate surface area is 259 Å². The molecule has 5 aromatic rings. The maximum Gasteiger partial charge on any atom is 0.418 e. The highest BCUT2D eigenvalue weighted by Gasteiger charge is 2.34. The number of rotatable bonds is 8. The lowest BCUT2D eigenvalue weighted by molar-refractivity contribution is -0.136. The van der Waals surface area contributed by atoms with Crippen LogP contribution in [-0.2, 0) is 12.7 Å². The van der Waals surface area contributed by atoms with E-state index in [0.29, 0.717) is 36.2 Å². The van der Waals surface area contributed by atoms with Gasteiger partial charge in [-0.15, -0.1) is 0 Å². The second-order valence-electron chi connectivity index (χ2n) is 11.2. The lowest BCUT2D eigenvalue weighted by atomic mass is 10.1. The summed E-state index contributed by atoms with van der Waals surface area (Å²) >= 11 is 0. The fraction of sp³-hybridized carbons (Fsp3) is 0.273. The summed E-state index contributed by atoms with van der Waals surface area (Å²) in [6, 6.07) is 13.9. The van der Waals surface area contributed by atoms with E-state index in [2.05, 4.69) is 35.6 Å². The molecule has 0 saturated carbocycles. The third kappa shape index (κ3) is 6.91. The van der Waals surface area contributed by atoms with Gasteiger partial charge in [-0.1, -0.05) is 17.3 Å². The third-order valence-corrected chi connectivity index (χ3v) is 7.91. The van der Waals surface area contributed by atoms with Crippen LogP contribution in [0.4, 0.5) is 36.2 Å². The Morgan fingerprint density at radius 2 is 1.67 bits per heavy atom. The van der Waals surface area contributed by atoms with Crippen molar-refractivity contribution < 1.29 is 17.7 Å². The number of nitrogens with zero attached hydrogens (tertiary/aromatic N) is 6. The number of piperazine rings is 1. The van der Waals surface area contributed by atoms with E-state index in [-0.39, 0.29) is 12.2 Å². The number of benzene rings is 2. The van der Waals surface area contributed by atoms with Crippen molar-refractivity contribution in [3.63, 3.8) is 0 Å². The molecule has 0 spiro atoms. The van der Waals surface area contributed by atoms with E-state index < -0.39 is 11.7 Å². The summed E-state index contributed by atoms with van der Waals surface area (Å²) in [4.78, 5) is 17.6. The van der Waals surface area contributed by atoms with Crippen molar-refractivity contribution in [3.8, 4) is 22.6 Å². The van der Waals surface area contributed by atoms with Crippen LogP contribution in [0.5, 0.6) is 0 Å². The number of likely N-dealkylation sites (N-methyl/N-ethyl adjacent to an activating group) is 1. The predicted molar refractivity (Wildman–Crippen MR) is 168 cm³/mol. The maximum absolute atomic E-state index is 14.1. The molecule has 2 N–H and O–H groups in total. The van der Waals surface area contributed by atoms with Crippen molar-refractivity contribution in [1.82, 2.24) is 25.0 Å². The second-order valence-corrected chi connectivity index (χ2v) is 11.2. The van der Waals surface area contributed by atoms with E-state index >= 15 is 0 Å². The Kier molecular flexibility index (Phi) is 8.40. The molecule has 0 bridgehead atoms. The SMILES string of the molecule is Cc1ccc(CNc2ccc(N3CCN(C)CC3)cc2C(F)(F)F)cc1Nc1nccc(-c2cncc(-c3oncc3C)c2)n1. The zero-order valence-corrected chi connectivity index (χ0v) is 25.2. The number of nitrogens with one attached hydrogen (secondary N) is 2. The van der Waals surface area contributed by atoms with Gasteiger partial charge in [-0.25, -0.2) is 9.97 Å². The number of alkyl halides is 3. The first kappa shape index (κ1) is 30.1. The number of hydrogen-bond acceptors (Lipinski definition) is 9. The van der Waals surface area contributed by atoms with Crippen LogP contribution in [0.15, 0.2) is 77.8 Å². The van der Waals surface area contributed by atoms with Crippen molar-refractivity contribution in [2.45, 2.75) is 26.6 Å². The van der Waals surface area contributed by atoms with Gasteiger partial charge in [0, 0.05) is 85.1 Å². The van der Waals surface area contributed by atoms with Gasteiger partial charge in [-0.2, -0.15) is 13.2 Å². The molecule has 1 saturated heterocycles. The standard InChI is InChI=1S/C33H33F3N8O/c1-21-4-5-23(18-39-29-7-6-26(16-27(29)33(34,35)36)44-12-10-43(3)11-13-44)14-30(21)42-32-38-9-8-28(41-32)24-15-25(20-37-19-24)31-22(2)17-40-45-31/h4-9,14-17,19-20,39H,10-13,18H2,1-3H3,(H,38,41,42). The van der Waals surface area contributed by atoms with E-state index in [0.717, 1.165) is 46.6 Å². The van der Waals surface area contributed by atoms with Crippen LogP contribution in [0.1, 0.15) is 22.3 Å². The lowest BCUT2D eigenvalue weighted by Crippen LogP contribution is -2.44. The van der Waals surface area contributed by atoms with Crippen LogP contribution in [0.2, 0.25) is 0 Å². The first-order chi connectivity index (χ1) is 21.6. The van der Waals surface area contributed by atoms with Crippen molar-refractivity contribution in [2.24, 2.45) is 0 Å². The molecule has 3 aromatic heterocycles. The highest BCUT2D eigenvalue weighted by molar-refractivity contribution is 5.70. The highest BCUT2D eigenvalue weighted by Crippen LogP contribution is 2.38. The van der Waals surface area contributed by atoms with Gasteiger partial charge in [0.05, 0.1) is 17.5 Å². The number of aromatic nitrogens is 4. The van der Waals surface area contributed by atoms with Gasteiger partial charge < -0.3 is 25.0 Å². The fourth-order valence-corrected chi connectivity index (χ4v) is 5.27. The molecule has 45 heavy (non-hydrogen) atoms. The van der Waals surface area contributed by atoms with E-state index in [4.69, 9.17) is 4.52 Å². The Hall–Kier alpha value is -4.97. The van der Waals surface area contributed by atoms with E-state index in [1.165, 1.54) is 12.1 Å². The molecular weight excluding hydrogens is 581 g/mol. The van der Waals surface area contributed by atoms with Crippen LogP contribution < -0.4 is 15.5 Å². The lowest BCUT2D eigenvalue weighted by Gasteiger charge is -2.34. The highest BCUT2D eigenvalue weighted by atomic mass is 19.4. The van der Waals surface area contributed by atoms with Gasteiger partial charge in [0.25, 0.3) is 0 Å². The maximum atomic E-state index is 14.1. The number of anilines is 4. The van der Waals surface area contributed by atoms with E-state index in [1.54, 1.807) is 36.9 Å². The Morgan fingerprint density at radius 1 is 0.867 bits per heavy atom. The normalized spacial score (nSPS) is 14.0. The topological polar surface area (TPSA) is 95.2 Å².